The monoisotopic (exact) mass is 302 g/mol. The molecule has 0 heterocycles. The molecule has 63 valence electrons. The molecule has 0 unspecified atom stereocenters. The van der Waals surface area contributed by atoms with Gasteiger partial charge in [-0.05, 0) is 0 Å². The van der Waals surface area contributed by atoms with E-state index in [4.69, 9.17) is 0 Å². The van der Waals surface area contributed by atoms with Crippen LogP contribution in [0, 0.1) is 6.08 Å². The van der Waals surface area contributed by atoms with Gasteiger partial charge >= 0.3 is 0 Å². The van der Waals surface area contributed by atoms with Crippen molar-refractivity contribution in [2.24, 2.45) is 0 Å². The standard InChI is InChI=1S/C5H5.4ClH.Nb/c1-2-4-5-3-1;;;;;/h1-3H,4H2;4*1H;/q-1;;;;;. The van der Waals surface area contributed by atoms with Crippen LogP contribution in [0.2, 0.25) is 0 Å². The molecule has 0 N–H and O–H groups in total. The van der Waals surface area contributed by atoms with Gasteiger partial charge in [-0.1, -0.05) is 0 Å². The van der Waals surface area contributed by atoms with Crippen molar-refractivity contribution in [1.82, 2.24) is 0 Å². The molecule has 1 aliphatic rings. The largest absolute Gasteiger partial charge is 0.273 e. The third-order valence-corrected chi connectivity index (χ3v) is 0.586. The SMILES string of the molecule is Cl.Cl.Cl.Cl.[C-]1=CC=CC1.[Nb]. The van der Waals surface area contributed by atoms with Crippen molar-refractivity contribution >= 4 is 49.6 Å². The van der Waals surface area contributed by atoms with E-state index in [9.17, 15) is 0 Å². The van der Waals surface area contributed by atoms with E-state index in [0.717, 1.165) is 6.42 Å². The molecule has 0 fully saturated rings. The second-order valence-corrected chi connectivity index (χ2v) is 1.00. The van der Waals surface area contributed by atoms with Crippen LogP contribution in [0.25, 0.3) is 0 Å². The van der Waals surface area contributed by atoms with Crippen LogP contribution in [-0.4, -0.2) is 0 Å². The first-order valence-corrected chi connectivity index (χ1v) is 1.72. The molecule has 10 heavy (non-hydrogen) atoms. The Labute approximate surface area is 102 Å². The van der Waals surface area contributed by atoms with Crippen molar-refractivity contribution in [1.29, 1.82) is 0 Å². The van der Waals surface area contributed by atoms with Gasteiger partial charge in [0, 0.05) is 22.4 Å². The van der Waals surface area contributed by atoms with Crippen molar-refractivity contribution in [2.45, 2.75) is 6.42 Å². The van der Waals surface area contributed by atoms with Crippen molar-refractivity contribution in [2.75, 3.05) is 0 Å². The fourth-order valence-corrected chi connectivity index (χ4v) is 0.340. The number of rotatable bonds is 0. The molecule has 1 rings (SSSR count). The first kappa shape index (κ1) is 30.1. The average molecular weight is 304 g/mol. The molecule has 5 heteroatoms. The minimum Gasteiger partial charge on any atom is -0.273 e. The predicted octanol–water partition coefficient (Wildman–Crippen LogP) is 2.99. The summed E-state index contributed by atoms with van der Waals surface area (Å²) in [5, 5.41) is 0. The van der Waals surface area contributed by atoms with E-state index in [1.54, 1.807) is 0 Å². The quantitative estimate of drug-likeness (QED) is 0.477. The smallest absolute Gasteiger partial charge is 0 e. The molecule has 0 saturated carbocycles. The fourth-order valence-electron chi connectivity index (χ4n) is 0.340. The zero-order valence-electron chi connectivity index (χ0n) is 5.02. The third kappa shape index (κ3) is 16.2. The summed E-state index contributed by atoms with van der Waals surface area (Å²) < 4.78 is 0. The van der Waals surface area contributed by atoms with Crippen LogP contribution in [-0.2, 0) is 22.4 Å². The second kappa shape index (κ2) is 22.4. The molecule has 0 aromatic rings. The van der Waals surface area contributed by atoms with Gasteiger partial charge in [0.25, 0.3) is 0 Å². The summed E-state index contributed by atoms with van der Waals surface area (Å²) >= 11 is 0. The van der Waals surface area contributed by atoms with Crippen LogP contribution >= 0.6 is 49.6 Å². The summed E-state index contributed by atoms with van der Waals surface area (Å²) in [6.07, 6.45) is 10.0. The molecular weight excluding hydrogens is 295 g/mol. The van der Waals surface area contributed by atoms with Gasteiger partial charge in [-0.15, -0.1) is 56.0 Å². The van der Waals surface area contributed by atoms with Gasteiger partial charge in [0.1, 0.15) is 0 Å². The summed E-state index contributed by atoms with van der Waals surface area (Å²) in [5.41, 5.74) is 0. The summed E-state index contributed by atoms with van der Waals surface area (Å²) in [6, 6.07) is 0. The molecule has 1 radical (unpaired) electrons. The van der Waals surface area contributed by atoms with Crippen molar-refractivity contribution in [3.05, 3.63) is 24.3 Å². The molecule has 0 aliphatic heterocycles. The Hall–Kier alpha value is 1.38. The molecular formula is C5H9Cl4Nb-. The van der Waals surface area contributed by atoms with Crippen molar-refractivity contribution in [3.8, 4) is 0 Å². The van der Waals surface area contributed by atoms with Gasteiger partial charge in [0.05, 0.1) is 0 Å². The van der Waals surface area contributed by atoms with E-state index in [1.807, 2.05) is 12.2 Å². The second-order valence-electron chi connectivity index (χ2n) is 1.00. The molecule has 0 aromatic carbocycles. The van der Waals surface area contributed by atoms with Crippen LogP contribution in [0.1, 0.15) is 6.42 Å². The summed E-state index contributed by atoms with van der Waals surface area (Å²) in [6.45, 7) is 0. The Morgan fingerprint density at radius 1 is 1.00 bits per heavy atom. The number of allylic oxidation sites excluding steroid dienone is 4. The molecule has 1 aliphatic carbocycles. The molecule has 0 aromatic heterocycles. The Morgan fingerprint density at radius 3 is 1.60 bits per heavy atom. The number of hydrogen-bond donors (Lipinski definition) is 0. The summed E-state index contributed by atoms with van der Waals surface area (Å²) in [4.78, 5) is 0. The maximum absolute atomic E-state index is 2.99. The molecule has 0 saturated heterocycles. The summed E-state index contributed by atoms with van der Waals surface area (Å²) in [5.74, 6) is 0. The van der Waals surface area contributed by atoms with E-state index in [1.165, 1.54) is 0 Å². The topological polar surface area (TPSA) is 0 Å². The minimum atomic E-state index is 0. The van der Waals surface area contributed by atoms with Crippen LogP contribution in [0.15, 0.2) is 18.2 Å². The van der Waals surface area contributed by atoms with E-state index in [0.29, 0.717) is 0 Å². The molecule has 0 amide bonds. The van der Waals surface area contributed by atoms with Crippen LogP contribution in [0.3, 0.4) is 0 Å². The van der Waals surface area contributed by atoms with E-state index in [-0.39, 0.29) is 72.0 Å². The fraction of sp³-hybridized carbons (Fsp3) is 0.200. The molecule has 0 spiro atoms. The number of hydrogen-bond acceptors (Lipinski definition) is 0. The minimum absolute atomic E-state index is 0. The van der Waals surface area contributed by atoms with Crippen molar-refractivity contribution in [3.63, 3.8) is 0 Å². The zero-order chi connectivity index (χ0) is 3.54. The van der Waals surface area contributed by atoms with Crippen LogP contribution in [0.5, 0.6) is 0 Å². The maximum Gasteiger partial charge on any atom is 0 e. The summed E-state index contributed by atoms with van der Waals surface area (Å²) in [7, 11) is 0. The first-order valence-electron chi connectivity index (χ1n) is 1.72. The van der Waals surface area contributed by atoms with E-state index < -0.39 is 0 Å². The normalized spacial score (nSPS) is 8.80. The van der Waals surface area contributed by atoms with Gasteiger partial charge in [0.15, 0.2) is 0 Å². The van der Waals surface area contributed by atoms with Crippen LogP contribution < -0.4 is 0 Å². The van der Waals surface area contributed by atoms with Crippen molar-refractivity contribution < 1.29 is 22.4 Å². The Morgan fingerprint density at radius 2 is 1.50 bits per heavy atom. The van der Waals surface area contributed by atoms with E-state index in [2.05, 4.69) is 12.2 Å². The molecule has 0 atom stereocenters. The first-order chi connectivity index (χ1) is 2.50. The van der Waals surface area contributed by atoms with Gasteiger partial charge in [-0.25, -0.2) is 12.2 Å². The Kier molecular flexibility index (Phi) is 67.6. The van der Waals surface area contributed by atoms with Gasteiger partial charge < -0.3 is 0 Å². The maximum atomic E-state index is 2.99. The Bertz CT molecular complexity index is 71.7. The Balaban J connectivity index is -0.0000000167. The van der Waals surface area contributed by atoms with Crippen LogP contribution in [0.4, 0.5) is 0 Å². The molecule has 0 bridgehead atoms. The average Bonchev–Trinajstić information content (AvgIpc) is 1.76. The zero-order valence-corrected chi connectivity index (χ0v) is 10.5. The molecule has 0 nitrogen and oxygen atoms in total. The number of halogens is 4. The van der Waals surface area contributed by atoms with Gasteiger partial charge in [0.2, 0.25) is 0 Å². The predicted molar refractivity (Wildman–Crippen MR) is 50.6 cm³/mol. The van der Waals surface area contributed by atoms with Gasteiger partial charge in [-0.2, -0.15) is 6.08 Å². The third-order valence-electron chi connectivity index (χ3n) is 0.586. The van der Waals surface area contributed by atoms with E-state index >= 15 is 0 Å². The van der Waals surface area contributed by atoms with Gasteiger partial charge in [-0.3, -0.25) is 6.08 Å².